The highest BCUT2D eigenvalue weighted by molar-refractivity contribution is 9.10. The van der Waals surface area contributed by atoms with Crippen molar-refractivity contribution in [1.82, 2.24) is 9.78 Å². The number of nitrogens with two attached hydrogens (primary N) is 2. The second-order valence-corrected chi connectivity index (χ2v) is 3.54. The molecule has 4 N–H and O–H groups in total. The van der Waals surface area contributed by atoms with E-state index in [1.807, 2.05) is 0 Å². The van der Waals surface area contributed by atoms with Gasteiger partial charge >= 0.3 is 0 Å². The molecule has 0 aliphatic carbocycles. The quantitative estimate of drug-likeness (QED) is 0.791. The van der Waals surface area contributed by atoms with Gasteiger partial charge < -0.3 is 11.5 Å². The summed E-state index contributed by atoms with van der Waals surface area (Å²) in [6.07, 6.45) is 1.75. The highest BCUT2D eigenvalue weighted by Crippen LogP contribution is 2.22. The lowest BCUT2D eigenvalue weighted by Crippen LogP contribution is -2.20. The highest BCUT2D eigenvalue weighted by atomic mass is 79.9. The van der Waals surface area contributed by atoms with Crippen LogP contribution in [-0.2, 0) is 11.8 Å². The Balaban J connectivity index is 2.82. The SMILES string of the molecule is Cn1ncc([C@@H](N)CC(N)=O)c1Br. The Kier molecular flexibility index (Phi) is 3.05. The zero-order valence-corrected chi connectivity index (χ0v) is 8.78. The van der Waals surface area contributed by atoms with Gasteiger partial charge in [-0.3, -0.25) is 9.48 Å². The van der Waals surface area contributed by atoms with Crippen molar-refractivity contribution in [3.05, 3.63) is 16.4 Å². The molecule has 0 aliphatic rings. The van der Waals surface area contributed by atoms with Crippen LogP contribution in [0.4, 0.5) is 0 Å². The highest BCUT2D eigenvalue weighted by Gasteiger charge is 2.15. The summed E-state index contributed by atoms with van der Waals surface area (Å²) in [5.41, 5.74) is 11.5. The van der Waals surface area contributed by atoms with E-state index in [0.29, 0.717) is 0 Å². The molecular formula is C7H11BrN4O. The van der Waals surface area contributed by atoms with Gasteiger partial charge in [-0.05, 0) is 15.9 Å². The van der Waals surface area contributed by atoms with Crippen LogP contribution < -0.4 is 11.5 Å². The zero-order chi connectivity index (χ0) is 10.0. The van der Waals surface area contributed by atoms with Crippen molar-refractivity contribution in [3.63, 3.8) is 0 Å². The minimum Gasteiger partial charge on any atom is -0.370 e. The molecule has 0 spiro atoms. The molecule has 0 bridgehead atoms. The molecule has 1 aromatic heterocycles. The summed E-state index contributed by atoms with van der Waals surface area (Å²) in [7, 11) is 1.78. The largest absolute Gasteiger partial charge is 0.370 e. The number of rotatable bonds is 3. The number of hydrogen-bond acceptors (Lipinski definition) is 3. The fraction of sp³-hybridized carbons (Fsp3) is 0.429. The molecule has 0 saturated heterocycles. The number of carbonyl (C=O) groups is 1. The second-order valence-electron chi connectivity index (χ2n) is 2.79. The molecule has 1 atom stereocenters. The summed E-state index contributed by atoms with van der Waals surface area (Å²) < 4.78 is 2.41. The first kappa shape index (κ1) is 10.2. The van der Waals surface area contributed by atoms with Gasteiger partial charge in [0.15, 0.2) is 0 Å². The van der Waals surface area contributed by atoms with Crippen molar-refractivity contribution in [2.45, 2.75) is 12.5 Å². The van der Waals surface area contributed by atoms with Crippen LogP contribution in [0.1, 0.15) is 18.0 Å². The van der Waals surface area contributed by atoms with E-state index >= 15 is 0 Å². The fourth-order valence-electron chi connectivity index (χ4n) is 1.02. The summed E-state index contributed by atoms with van der Waals surface area (Å²) in [6.45, 7) is 0. The van der Waals surface area contributed by atoms with Gasteiger partial charge in [0.1, 0.15) is 4.60 Å². The lowest BCUT2D eigenvalue weighted by atomic mass is 10.1. The molecule has 0 unspecified atom stereocenters. The van der Waals surface area contributed by atoms with Crippen LogP contribution in [0.2, 0.25) is 0 Å². The molecule has 0 aliphatic heterocycles. The molecule has 13 heavy (non-hydrogen) atoms. The van der Waals surface area contributed by atoms with E-state index in [1.165, 1.54) is 0 Å². The van der Waals surface area contributed by atoms with Crippen LogP contribution in [0, 0.1) is 0 Å². The van der Waals surface area contributed by atoms with E-state index in [-0.39, 0.29) is 12.5 Å². The maximum Gasteiger partial charge on any atom is 0.219 e. The van der Waals surface area contributed by atoms with Crippen molar-refractivity contribution in [2.75, 3.05) is 0 Å². The van der Waals surface area contributed by atoms with Gasteiger partial charge in [-0.25, -0.2) is 0 Å². The summed E-state index contributed by atoms with van der Waals surface area (Å²) >= 11 is 3.31. The molecule has 1 aromatic rings. The third-order valence-electron chi connectivity index (χ3n) is 1.71. The first-order chi connectivity index (χ1) is 6.02. The Morgan fingerprint density at radius 3 is 2.85 bits per heavy atom. The van der Waals surface area contributed by atoms with Gasteiger partial charge in [-0.15, -0.1) is 0 Å². The molecule has 0 aromatic carbocycles. The molecule has 0 fully saturated rings. The van der Waals surface area contributed by atoms with E-state index in [4.69, 9.17) is 11.5 Å². The molecule has 72 valence electrons. The molecule has 1 rings (SSSR count). The van der Waals surface area contributed by atoms with Crippen LogP contribution in [0.15, 0.2) is 10.8 Å². The Hall–Kier alpha value is -0.880. The van der Waals surface area contributed by atoms with Crippen LogP contribution in [-0.4, -0.2) is 15.7 Å². The predicted molar refractivity (Wildman–Crippen MR) is 51.6 cm³/mol. The van der Waals surface area contributed by atoms with Gasteiger partial charge in [0, 0.05) is 25.1 Å². The monoisotopic (exact) mass is 246 g/mol. The average Bonchev–Trinajstić information content (AvgIpc) is 2.31. The minimum absolute atomic E-state index is 0.129. The first-order valence-electron chi connectivity index (χ1n) is 3.73. The van der Waals surface area contributed by atoms with E-state index < -0.39 is 5.91 Å². The molecule has 0 saturated carbocycles. The van der Waals surface area contributed by atoms with Crippen molar-refractivity contribution < 1.29 is 4.79 Å². The standard InChI is InChI=1S/C7H11BrN4O/c1-12-7(8)4(3-11-12)5(9)2-6(10)13/h3,5H,2,9H2,1H3,(H2,10,13)/t5-/m0/s1. The van der Waals surface area contributed by atoms with Crippen molar-refractivity contribution >= 4 is 21.8 Å². The lowest BCUT2D eigenvalue weighted by Gasteiger charge is -2.07. The van der Waals surface area contributed by atoms with Gasteiger partial charge in [-0.2, -0.15) is 5.10 Å². The summed E-state index contributed by atoms with van der Waals surface area (Å²) in [5.74, 6) is -0.414. The fourth-order valence-corrected chi connectivity index (χ4v) is 1.50. The second kappa shape index (κ2) is 3.89. The first-order valence-corrected chi connectivity index (χ1v) is 4.53. The van der Waals surface area contributed by atoms with Crippen molar-refractivity contribution in [3.8, 4) is 0 Å². The molecular weight excluding hydrogens is 236 g/mol. The minimum atomic E-state index is -0.414. The number of carbonyl (C=O) groups excluding carboxylic acids is 1. The summed E-state index contributed by atoms with van der Waals surface area (Å²) in [4.78, 5) is 10.6. The zero-order valence-electron chi connectivity index (χ0n) is 7.20. The van der Waals surface area contributed by atoms with Crippen LogP contribution >= 0.6 is 15.9 Å². The number of hydrogen-bond donors (Lipinski definition) is 2. The van der Waals surface area contributed by atoms with Crippen molar-refractivity contribution in [2.24, 2.45) is 18.5 Å². The van der Waals surface area contributed by atoms with Gasteiger partial charge in [0.2, 0.25) is 5.91 Å². The average molecular weight is 247 g/mol. The maximum absolute atomic E-state index is 10.6. The van der Waals surface area contributed by atoms with Gasteiger partial charge in [0.05, 0.1) is 6.20 Å². The molecule has 5 nitrogen and oxygen atoms in total. The summed E-state index contributed by atoms with van der Waals surface area (Å²) in [5, 5.41) is 3.98. The maximum atomic E-state index is 10.6. The third-order valence-corrected chi connectivity index (χ3v) is 2.68. The summed E-state index contributed by atoms with van der Waals surface area (Å²) in [6, 6.07) is -0.388. The predicted octanol–water partition coefficient (Wildman–Crippen LogP) is 0.0578. The third kappa shape index (κ3) is 2.28. The Morgan fingerprint density at radius 1 is 1.85 bits per heavy atom. The number of aryl methyl sites for hydroxylation is 1. The number of halogens is 1. The van der Waals surface area contributed by atoms with Gasteiger partial charge in [-0.1, -0.05) is 0 Å². The van der Waals surface area contributed by atoms with Crippen molar-refractivity contribution in [1.29, 1.82) is 0 Å². The molecule has 0 radical (unpaired) electrons. The van der Waals surface area contributed by atoms with Gasteiger partial charge in [0.25, 0.3) is 0 Å². The van der Waals surface area contributed by atoms with E-state index in [1.54, 1.807) is 17.9 Å². The number of amides is 1. The van der Waals surface area contributed by atoms with Crippen LogP contribution in [0.25, 0.3) is 0 Å². The van der Waals surface area contributed by atoms with E-state index in [0.717, 1.165) is 10.2 Å². The number of nitrogens with zero attached hydrogens (tertiary/aromatic N) is 2. The topological polar surface area (TPSA) is 86.9 Å². The molecule has 6 heteroatoms. The number of primary amides is 1. The van der Waals surface area contributed by atoms with E-state index in [2.05, 4.69) is 21.0 Å². The smallest absolute Gasteiger partial charge is 0.219 e. The number of aromatic nitrogens is 2. The Labute approximate surface area is 84.2 Å². The lowest BCUT2D eigenvalue weighted by molar-refractivity contribution is -0.118. The van der Waals surface area contributed by atoms with Crippen LogP contribution in [0.5, 0.6) is 0 Å². The normalized spacial score (nSPS) is 12.8. The van der Waals surface area contributed by atoms with E-state index in [9.17, 15) is 4.79 Å². The molecule has 1 heterocycles. The van der Waals surface area contributed by atoms with Crippen LogP contribution in [0.3, 0.4) is 0 Å². The molecule has 1 amide bonds. The Bertz CT molecular complexity index is 322. The Morgan fingerprint density at radius 2 is 2.46 bits per heavy atom.